The smallest absolute Gasteiger partial charge is 0.281 e. The molecule has 1 heterocycles. The van der Waals surface area contributed by atoms with Gasteiger partial charge in [0.05, 0.1) is 11.1 Å². The molecule has 86 valence electrons. The van der Waals surface area contributed by atoms with E-state index in [1.807, 2.05) is 11.4 Å². The zero-order chi connectivity index (χ0) is 12.1. The monoisotopic (exact) mass is 246 g/mol. The summed E-state index contributed by atoms with van der Waals surface area (Å²) in [4.78, 5) is 12.1. The van der Waals surface area contributed by atoms with Crippen LogP contribution in [0.1, 0.15) is 15.2 Å². The summed E-state index contributed by atoms with van der Waals surface area (Å²) in [5.74, 6) is -0.0280. The molecule has 0 fully saturated rings. The number of carbonyl (C=O) groups is 1. The summed E-state index contributed by atoms with van der Waals surface area (Å²) in [7, 11) is 0. The van der Waals surface area contributed by atoms with Gasteiger partial charge in [-0.2, -0.15) is 5.10 Å². The van der Waals surface area contributed by atoms with Gasteiger partial charge in [0.15, 0.2) is 0 Å². The van der Waals surface area contributed by atoms with Crippen LogP contribution in [-0.4, -0.2) is 17.2 Å². The predicted octanol–water partition coefficient (Wildman–Crippen LogP) is 2.22. The molecule has 0 bridgehead atoms. The molecule has 1 aromatic carbocycles. The molecule has 2 aromatic rings. The summed E-state index contributed by atoms with van der Waals surface area (Å²) in [6, 6.07) is 10.1. The normalized spacial score (nSPS) is 10.6. The van der Waals surface area contributed by atoms with Gasteiger partial charge >= 0.3 is 0 Å². The van der Waals surface area contributed by atoms with Crippen LogP contribution in [0.2, 0.25) is 0 Å². The van der Waals surface area contributed by atoms with E-state index in [0.717, 1.165) is 5.56 Å². The Morgan fingerprint density at radius 2 is 2.06 bits per heavy atom. The Kier molecular flexibility index (Phi) is 3.52. The molecule has 4 nitrogen and oxygen atoms in total. The van der Waals surface area contributed by atoms with Gasteiger partial charge in [-0.1, -0.05) is 6.07 Å². The number of phenolic OH excluding ortho intramolecular Hbond substituents is 1. The van der Waals surface area contributed by atoms with Crippen LogP contribution in [0.4, 0.5) is 0 Å². The lowest BCUT2D eigenvalue weighted by molar-refractivity contribution is 0.0959. The second kappa shape index (κ2) is 5.27. The third-order valence-electron chi connectivity index (χ3n) is 2.02. The fourth-order valence-electron chi connectivity index (χ4n) is 1.19. The first-order valence-corrected chi connectivity index (χ1v) is 5.79. The summed E-state index contributed by atoms with van der Waals surface area (Å²) in [6.45, 7) is 0. The van der Waals surface area contributed by atoms with Crippen LogP contribution < -0.4 is 5.43 Å². The second-order valence-corrected chi connectivity index (χ2v) is 4.22. The van der Waals surface area contributed by atoms with Crippen molar-refractivity contribution in [3.05, 3.63) is 52.2 Å². The van der Waals surface area contributed by atoms with Crippen LogP contribution >= 0.6 is 11.3 Å². The predicted molar refractivity (Wildman–Crippen MR) is 67.5 cm³/mol. The number of carbonyl (C=O) groups excluding carboxylic acids is 1. The lowest BCUT2D eigenvalue weighted by Crippen LogP contribution is -2.16. The molecule has 0 radical (unpaired) electrons. The van der Waals surface area contributed by atoms with Gasteiger partial charge in [-0.25, -0.2) is 5.43 Å². The van der Waals surface area contributed by atoms with E-state index in [1.54, 1.807) is 30.3 Å². The Hall–Kier alpha value is -2.14. The van der Waals surface area contributed by atoms with Crippen molar-refractivity contribution in [3.63, 3.8) is 0 Å². The highest BCUT2D eigenvalue weighted by atomic mass is 32.1. The highest BCUT2D eigenvalue weighted by molar-refractivity contribution is 7.12. The van der Waals surface area contributed by atoms with E-state index in [-0.39, 0.29) is 11.7 Å². The second-order valence-electron chi connectivity index (χ2n) is 3.27. The number of nitrogens with one attached hydrogen (secondary N) is 1. The van der Waals surface area contributed by atoms with E-state index < -0.39 is 0 Å². The maximum atomic E-state index is 11.5. The third-order valence-corrected chi connectivity index (χ3v) is 2.89. The number of hydrogen-bond acceptors (Lipinski definition) is 4. The number of benzene rings is 1. The zero-order valence-corrected chi connectivity index (χ0v) is 9.65. The average molecular weight is 246 g/mol. The maximum Gasteiger partial charge on any atom is 0.281 e. The molecule has 17 heavy (non-hydrogen) atoms. The van der Waals surface area contributed by atoms with Crippen molar-refractivity contribution < 1.29 is 9.90 Å². The van der Waals surface area contributed by atoms with Crippen LogP contribution in [0.25, 0.3) is 0 Å². The number of hydrogen-bond donors (Lipinski definition) is 2. The van der Waals surface area contributed by atoms with Gasteiger partial charge in [-0.15, -0.1) is 11.3 Å². The maximum absolute atomic E-state index is 11.5. The standard InChI is InChI=1S/C12H10N2O2S/c15-10-5-3-9(4-6-10)8-13-14-12(16)11-2-1-7-17-11/h1-8,15H,(H,14,16)/b13-8+. The van der Waals surface area contributed by atoms with E-state index in [4.69, 9.17) is 5.11 Å². The van der Waals surface area contributed by atoms with Gasteiger partial charge in [-0.05, 0) is 41.3 Å². The summed E-state index contributed by atoms with van der Waals surface area (Å²) in [6.07, 6.45) is 1.52. The van der Waals surface area contributed by atoms with Crippen LogP contribution in [0.5, 0.6) is 5.75 Å². The lowest BCUT2D eigenvalue weighted by Gasteiger charge is -1.96. The van der Waals surface area contributed by atoms with Crippen molar-refractivity contribution in [2.45, 2.75) is 0 Å². The molecule has 0 aliphatic rings. The quantitative estimate of drug-likeness (QED) is 0.644. The number of hydrazone groups is 1. The number of thiophene rings is 1. The Morgan fingerprint density at radius 3 is 2.71 bits per heavy atom. The number of rotatable bonds is 3. The fourth-order valence-corrected chi connectivity index (χ4v) is 1.80. The minimum atomic E-state index is -0.227. The first kappa shape index (κ1) is 11.3. The Labute approximate surface area is 102 Å². The average Bonchev–Trinajstić information content (AvgIpc) is 2.85. The highest BCUT2D eigenvalue weighted by Crippen LogP contribution is 2.08. The summed E-state index contributed by atoms with van der Waals surface area (Å²) in [5.41, 5.74) is 3.23. The first-order chi connectivity index (χ1) is 8.25. The number of aromatic hydroxyl groups is 1. The van der Waals surface area contributed by atoms with Crippen LogP contribution in [0.15, 0.2) is 46.9 Å². The van der Waals surface area contributed by atoms with Gasteiger partial charge in [0.2, 0.25) is 0 Å². The molecule has 0 unspecified atom stereocenters. The Morgan fingerprint density at radius 1 is 1.29 bits per heavy atom. The summed E-state index contributed by atoms with van der Waals surface area (Å²) >= 11 is 1.36. The van der Waals surface area contributed by atoms with Gasteiger partial charge in [0.25, 0.3) is 5.91 Å². The van der Waals surface area contributed by atoms with E-state index >= 15 is 0 Å². The molecule has 0 saturated carbocycles. The summed E-state index contributed by atoms with van der Waals surface area (Å²) in [5, 5.41) is 14.7. The Balaban J connectivity index is 1.94. The molecule has 1 aromatic heterocycles. The molecule has 2 rings (SSSR count). The van der Waals surface area contributed by atoms with Crippen LogP contribution in [-0.2, 0) is 0 Å². The van der Waals surface area contributed by atoms with Crippen LogP contribution in [0.3, 0.4) is 0 Å². The lowest BCUT2D eigenvalue weighted by atomic mass is 10.2. The largest absolute Gasteiger partial charge is 0.508 e. The van der Waals surface area contributed by atoms with Crippen LogP contribution in [0, 0.1) is 0 Å². The molecule has 0 saturated heterocycles. The van der Waals surface area contributed by atoms with E-state index in [2.05, 4.69) is 10.5 Å². The van der Waals surface area contributed by atoms with Gasteiger partial charge in [0.1, 0.15) is 5.75 Å². The number of amides is 1. The number of nitrogens with zero attached hydrogens (tertiary/aromatic N) is 1. The fraction of sp³-hybridized carbons (Fsp3) is 0. The molecular weight excluding hydrogens is 236 g/mol. The van der Waals surface area contributed by atoms with E-state index in [0.29, 0.717) is 4.88 Å². The summed E-state index contributed by atoms with van der Waals surface area (Å²) < 4.78 is 0. The van der Waals surface area contributed by atoms with E-state index in [9.17, 15) is 4.79 Å². The van der Waals surface area contributed by atoms with Gasteiger partial charge in [-0.3, -0.25) is 4.79 Å². The topological polar surface area (TPSA) is 61.7 Å². The van der Waals surface area contributed by atoms with E-state index in [1.165, 1.54) is 17.6 Å². The molecule has 1 amide bonds. The van der Waals surface area contributed by atoms with Crippen molar-refractivity contribution in [2.75, 3.05) is 0 Å². The molecular formula is C12H10N2O2S. The van der Waals surface area contributed by atoms with Gasteiger partial charge < -0.3 is 5.11 Å². The third kappa shape index (κ3) is 3.15. The molecule has 5 heteroatoms. The van der Waals surface area contributed by atoms with Crippen molar-refractivity contribution in [1.82, 2.24) is 5.43 Å². The van der Waals surface area contributed by atoms with Crippen molar-refractivity contribution in [1.29, 1.82) is 0 Å². The highest BCUT2D eigenvalue weighted by Gasteiger charge is 2.03. The molecule has 0 atom stereocenters. The minimum Gasteiger partial charge on any atom is -0.508 e. The molecule has 0 aliphatic heterocycles. The molecule has 0 spiro atoms. The molecule has 2 N–H and O–H groups in total. The molecule has 0 aliphatic carbocycles. The van der Waals surface area contributed by atoms with Gasteiger partial charge in [0, 0.05) is 0 Å². The minimum absolute atomic E-state index is 0.199. The first-order valence-electron chi connectivity index (χ1n) is 4.91. The van der Waals surface area contributed by atoms with Crippen molar-refractivity contribution >= 4 is 23.5 Å². The Bertz CT molecular complexity index is 518. The number of phenols is 1. The SMILES string of the molecule is O=C(N/N=C/c1ccc(O)cc1)c1cccs1. The van der Waals surface area contributed by atoms with Crippen molar-refractivity contribution in [2.24, 2.45) is 5.10 Å². The van der Waals surface area contributed by atoms with Crippen molar-refractivity contribution in [3.8, 4) is 5.75 Å². The zero-order valence-electron chi connectivity index (χ0n) is 8.83.